The van der Waals surface area contributed by atoms with Crippen LogP contribution in [0.4, 0.5) is 5.82 Å². The molecule has 9 nitrogen and oxygen atoms in total. The molecule has 1 saturated heterocycles. The fourth-order valence-electron chi connectivity index (χ4n) is 2.73. The molecule has 2 aromatic rings. The summed E-state index contributed by atoms with van der Waals surface area (Å²) in [5, 5.41) is 0.0977. The average molecular weight is 366 g/mol. The van der Waals surface area contributed by atoms with Crippen molar-refractivity contribution in [1.29, 1.82) is 0 Å². The molecule has 136 valence electrons. The SMILES string of the molecule is COc1cc(N2CCN(S(=O)(=O)c3cn(C)c(C)n3)CC2)nc(C)n1. The van der Waals surface area contributed by atoms with Crippen molar-refractivity contribution < 1.29 is 13.2 Å². The summed E-state index contributed by atoms with van der Waals surface area (Å²) in [6.45, 7) is 5.43. The number of ether oxygens (including phenoxy) is 1. The first-order chi connectivity index (χ1) is 11.8. The molecule has 3 rings (SSSR count). The van der Waals surface area contributed by atoms with Gasteiger partial charge < -0.3 is 14.2 Å². The Hall–Kier alpha value is -2.20. The normalized spacial score (nSPS) is 16.2. The lowest BCUT2D eigenvalue weighted by molar-refractivity contribution is 0.379. The van der Waals surface area contributed by atoms with E-state index in [2.05, 4.69) is 15.0 Å². The van der Waals surface area contributed by atoms with E-state index in [0.717, 1.165) is 5.82 Å². The van der Waals surface area contributed by atoms with Crippen LogP contribution in [0.25, 0.3) is 0 Å². The molecular weight excluding hydrogens is 344 g/mol. The third kappa shape index (κ3) is 3.45. The van der Waals surface area contributed by atoms with Crippen LogP contribution in [-0.4, -0.2) is 65.5 Å². The highest BCUT2D eigenvalue weighted by Crippen LogP contribution is 2.21. The van der Waals surface area contributed by atoms with Crippen LogP contribution < -0.4 is 9.64 Å². The number of hydrogen-bond acceptors (Lipinski definition) is 7. The van der Waals surface area contributed by atoms with Crippen LogP contribution in [0.5, 0.6) is 5.88 Å². The van der Waals surface area contributed by atoms with Crippen molar-refractivity contribution >= 4 is 15.8 Å². The molecule has 0 spiro atoms. The summed E-state index contributed by atoms with van der Waals surface area (Å²) in [6.07, 6.45) is 1.55. The Balaban J connectivity index is 1.74. The van der Waals surface area contributed by atoms with Gasteiger partial charge >= 0.3 is 0 Å². The second kappa shape index (κ2) is 6.60. The van der Waals surface area contributed by atoms with E-state index in [1.165, 1.54) is 4.31 Å². The number of sulfonamides is 1. The second-order valence-corrected chi connectivity index (χ2v) is 7.83. The summed E-state index contributed by atoms with van der Waals surface area (Å²) in [6, 6.07) is 1.76. The minimum absolute atomic E-state index is 0.0977. The van der Waals surface area contributed by atoms with Crippen LogP contribution in [0.1, 0.15) is 11.6 Å². The van der Waals surface area contributed by atoms with Gasteiger partial charge in [0.05, 0.1) is 7.11 Å². The number of aryl methyl sites for hydroxylation is 3. The summed E-state index contributed by atoms with van der Waals surface area (Å²) in [4.78, 5) is 14.8. The number of aromatic nitrogens is 4. The zero-order valence-corrected chi connectivity index (χ0v) is 15.6. The van der Waals surface area contributed by atoms with Gasteiger partial charge in [0.1, 0.15) is 17.5 Å². The number of methoxy groups -OCH3 is 1. The Kier molecular flexibility index (Phi) is 4.65. The first-order valence-corrected chi connectivity index (χ1v) is 9.40. The Morgan fingerprint density at radius 1 is 1.08 bits per heavy atom. The maximum atomic E-state index is 12.7. The number of hydrogen-bond donors (Lipinski definition) is 0. The number of piperazine rings is 1. The van der Waals surface area contributed by atoms with Gasteiger partial charge in [0, 0.05) is 45.5 Å². The summed E-state index contributed by atoms with van der Waals surface area (Å²) in [5.74, 6) is 2.53. The Morgan fingerprint density at radius 3 is 2.32 bits per heavy atom. The molecule has 0 aliphatic carbocycles. The molecule has 0 N–H and O–H groups in total. The van der Waals surface area contributed by atoms with Crippen molar-refractivity contribution in [3.8, 4) is 5.88 Å². The Labute approximate surface area is 147 Å². The molecule has 0 unspecified atom stereocenters. The fourth-order valence-corrected chi connectivity index (χ4v) is 4.18. The molecule has 0 amide bonds. The maximum Gasteiger partial charge on any atom is 0.262 e. The van der Waals surface area contributed by atoms with E-state index in [-0.39, 0.29) is 5.03 Å². The van der Waals surface area contributed by atoms with Crippen LogP contribution in [0.2, 0.25) is 0 Å². The molecule has 0 saturated carbocycles. The van der Waals surface area contributed by atoms with Crippen LogP contribution >= 0.6 is 0 Å². The monoisotopic (exact) mass is 366 g/mol. The Morgan fingerprint density at radius 2 is 1.76 bits per heavy atom. The van der Waals surface area contributed by atoms with Crippen molar-refractivity contribution in [3.63, 3.8) is 0 Å². The number of anilines is 1. The van der Waals surface area contributed by atoms with E-state index in [0.29, 0.717) is 43.7 Å². The predicted octanol–water partition coefficient (Wildman–Crippen LogP) is 0.346. The number of rotatable bonds is 4. The number of imidazole rings is 1. The van der Waals surface area contributed by atoms with Crippen LogP contribution in [-0.2, 0) is 17.1 Å². The standard InChI is InChI=1S/C15H22N6O3S/c1-11-16-13(9-14(17-11)24-4)20-5-7-21(8-6-20)25(22,23)15-10-19(3)12(2)18-15/h9-10H,5-8H2,1-4H3. The topological polar surface area (TPSA) is 93.5 Å². The van der Waals surface area contributed by atoms with E-state index < -0.39 is 10.0 Å². The Bertz CT molecular complexity index is 852. The van der Waals surface area contributed by atoms with Crippen LogP contribution in [0, 0.1) is 13.8 Å². The average Bonchev–Trinajstić information content (AvgIpc) is 2.94. The summed E-state index contributed by atoms with van der Waals surface area (Å²) >= 11 is 0. The first kappa shape index (κ1) is 17.6. The molecule has 0 bridgehead atoms. The minimum Gasteiger partial charge on any atom is -0.481 e. The van der Waals surface area contributed by atoms with E-state index in [1.54, 1.807) is 44.8 Å². The minimum atomic E-state index is -3.57. The molecule has 0 radical (unpaired) electrons. The zero-order chi connectivity index (χ0) is 18.2. The highest BCUT2D eigenvalue weighted by Gasteiger charge is 2.31. The van der Waals surface area contributed by atoms with Gasteiger partial charge in [-0.1, -0.05) is 0 Å². The molecule has 0 aromatic carbocycles. The molecule has 1 aliphatic rings. The summed E-state index contributed by atoms with van der Waals surface area (Å²) < 4.78 is 33.8. The maximum absolute atomic E-state index is 12.7. The molecule has 1 aliphatic heterocycles. The highest BCUT2D eigenvalue weighted by atomic mass is 32.2. The first-order valence-electron chi connectivity index (χ1n) is 7.96. The summed E-state index contributed by atoms with van der Waals surface area (Å²) in [7, 11) is -0.231. The lowest BCUT2D eigenvalue weighted by atomic mass is 10.3. The second-order valence-electron chi connectivity index (χ2n) is 5.94. The molecule has 25 heavy (non-hydrogen) atoms. The van der Waals surface area contributed by atoms with Crippen molar-refractivity contribution in [3.05, 3.63) is 23.9 Å². The fraction of sp³-hybridized carbons (Fsp3) is 0.533. The van der Waals surface area contributed by atoms with E-state index >= 15 is 0 Å². The van der Waals surface area contributed by atoms with E-state index in [9.17, 15) is 8.42 Å². The van der Waals surface area contributed by atoms with Gasteiger partial charge in [-0.2, -0.15) is 9.29 Å². The molecular formula is C15H22N6O3S. The van der Waals surface area contributed by atoms with E-state index in [4.69, 9.17) is 4.74 Å². The van der Waals surface area contributed by atoms with Gasteiger partial charge in [0.15, 0.2) is 5.03 Å². The lowest BCUT2D eigenvalue weighted by Gasteiger charge is -2.34. The van der Waals surface area contributed by atoms with Gasteiger partial charge in [-0.15, -0.1) is 0 Å². The molecule has 0 atom stereocenters. The molecule has 2 aromatic heterocycles. The predicted molar refractivity (Wildman–Crippen MR) is 92.2 cm³/mol. The van der Waals surface area contributed by atoms with E-state index in [1.807, 2.05) is 4.90 Å². The van der Waals surface area contributed by atoms with Crippen LogP contribution in [0.3, 0.4) is 0 Å². The van der Waals surface area contributed by atoms with Gasteiger partial charge in [-0.05, 0) is 13.8 Å². The van der Waals surface area contributed by atoms with Gasteiger partial charge in [-0.25, -0.2) is 18.4 Å². The quantitative estimate of drug-likeness (QED) is 0.770. The van der Waals surface area contributed by atoms with Crippen molar-refractivity contribution in [2.45, 2.75) is 18.9 Å². The van der Waals surface area contributed by atoms with Gasteiger partial charge in [0.25, 0.3) is 10.0 Å². The third-order valence-electron chi connectivity index (χ3n) is 4.26. The van der Waals surface area contributed by atoms with Crippen molar-refractivity contribution in [2.24, 2.45) is 7.05 Å². The highest BCUT2D eigenvalue weighted by molar-refractivity contribution is 7.89. The molecule has 1 fully saturated rings. The molecule has 10 heteroatoms. The van der Waals surface area contributed by atoms with Gasteiger partial charge in [-0.3, -0.25) is 0 Å². The largest absolute Gasteiger partial charge is 0.481 e. The van der Waals surface area contributed by atoms with Crippen molar-refractivity contribution in [2.75, 3.05) is 38.2 Å². The zero-order valence-electron chi connectivity index (χ0n) is 14.8. The molecule has 3 heterocycles. The number of nitrogens with zero attached hydrogens (tertiary/aromatic N) is 6. The summed E-state index contributed by atoms with van der Waals surface area (Å²) in [5.41, 5.74) is 0. The smallest absolute Gasteiger partial charge is 0.262 e. The third-order valence-corrected chi connectivity index (χ3v) is 6.03. The van der Waals surface area contributed by atoms with Crippen LogP contribution in [0.15, 0.2) is 17.3 Å². The lowest BCUT2D eigenvalue weighted by Crippen LogP contribution is -2.49. The van der Waals surface area contributed by atoms with Crippen molar-refractivity contribution in [1.82, 2.24) is 23.8 Å². The van der Waals surface area contributed by atoms with Gasteiger partial charge in [0.2, 0.25) is 5.88 Å².